The van der Waals surface area contributed by atoms with Crippen molar-refractivity contribution >= 4 is 56.2 Å². The first-order chi connectivity index (χ1) is 9.99. The number of aromatic amines is 1. The van der Waals surface area contributed by atoms with E-state index in [1.54, 1.807) is 6.07 Å². The largest absolute Gasteiger partial charge is 0.285 e. The van der Waals surface area contributed by atoms with Gasteiger partial charge in [-0.05, 0) is 22.4 Å². The van der Waals surface area contributed by atoms with Crippen LogP contribution in [0, 0.1) is 0 Å². The summed E-state index contributed by atoms with van der Waals surface area (Å²) in [5.41, 5.74) is -0.268. The third-order valence-electron chi connectivity index (χ3n) is 3.02. The molecule has 21 heavy (non-hydrogen) atoms. The van der Waals surface area contributed by atoms with Crippen molar-refractivity contribution in [2.45, 2.75) is 6.54 Å². The van der Waals surface area contributed by atoms with Gasteiger partial charge in [0.2, 0.25) is 0 Å². The summed E-state index contributed by atoms with van der Waals surface area (Å²) in [5.74, 6) is 0. The Balaban J connectivity index is 2.14. The molecule has 0 saturated heterocycles. The zero-order chi connectivity index (χ0) is 15.1. The molecule has 108 valence electrons. The normalized spacial score (nSPS) is 11.2. The van der Waals surface area contributed by atoms with E-state index in [1.165, 1.54) is 11.3 Å². The van der Waals surface area contributed by atoms with Gasteiger partial charge >= 0.3 is 0 Å². The molecule has 0 amide bonds. The molecule has 0 aliphatic heterocycles. The highest BCUT2D eigenvalue weighted by Crippen LogP contribution is 2.32. The molecule has 3 rings (SSSR count). The number of nitrogens with zero attached hydrogens (tertiary/aromatic N) is 1. The van der Waals surface area contributed by atoms with Crippen molar-refractivity contribution in [1.82, 2.24) is 9.78 Å². The van der Waals surface area contributed by atoms with Crippen LogP contribution in [0.4, 0.5) is 0 Å². The summed E-state index contributed by atoms with van der Waals surface area (Å²) in [5, 5.41) is 5.31. The molecule has 0 bridgehead atoms. The lowest BCUT2D eigenvalue weighted by atomic mass is 10.2. The van der Waals surface area contributed by atoms with Crippen LogP contribution in [0.5, 0.6) is 0 Å². The zero-order valence-electron chi connectivity index (χ0n) is 10.3. The van der Waals surface area contributed by atoms with E-state index < -0.39 is 11.1 Å². The van der Waals surface area contributed by atoms with E-state index in [2.05, 4.69) is 5.10 Å². The highest BCUT2D eigenvalue weighted by Gasteiger charge is 2.13. The van der Waals surface area contributed by atoms with E-state index in [0.29, 0.717) is 5.02 Å². The first-order valence-electron chi connectivity index (χ1n) is 5.81. The SMILES string of the molecule is O=c1[nH]n(Cc2csc3c(Cl)cccc23)c(=O)c(Cl)c1Cl. The summed E-state index contributed by atoms with van der Waals surface area (Å²) in [7, 11) is 0. The number of halogens is 3. The minimum Gasteiger partial charge on any atom is -0.266 e. The van der Waals surface area contributed by atoms with Gasteiger partial charge < -0.3 is 0 Å². The van der Waals surface area contributed by atoms with Gasteiger partial charge in [0.05, 0.1) is 16.3 Å². The number of aromatic nitrogens is 2. The summed E-state index contributed by atoms with van der Waals surface area (Å²) in [4.78, 5) is 23.6. The minimum atomic E-state index is -0.598. The molecule has 0 fully saturated rings. The molecule has 0 aliphatic carbocycles. The maximum atomic E-state index is 12.0. The summed E-state index contributed by atoms with van der Waals surface area (Å²) in [6.45, 7) is 0.186. The number of H-pyrrole nitrogens is 1. The number of hydrogen-bond donors (Lipinski definition) is 1. The molecule has 2 heterocycles. The maximum Gasteiger partial charge on any atom is 0.285 e. The third-order valence-corrected chi connectivity index (χ3v) is 5.33. The lowest BCUT2D eigenvalue weighted by molar-refractivity contribution is 0.631. The summed E-state index contributed by atoms with van der Waals surface area (Å²) in [6.07, 6.45) is 0. The van der Waals surface area contributed by atoms with Gasteiger partial charge in [-0.2, -0.15) is 0 Å². The molecular formula is C13H7Cl3N2O2S. The molecule has 0 saturated carbocycles. The maximum absolute atomic E-state index is 12.0. The zero-order valence-corrected chi connectivity index (χ0v) is 13.4. The Hall–Kier alpha value is -1.27. The molecule has 0 radical (unpaired) electrons. The van der Waals surface area contributed by atoms with E-state index in [1.807, 2.05) is 17.5 Å². The third kappa shape index (κ3) is 2.51. The smallest absolute Gasteiger partial charge is 0.266 e. The Morgan fingerprint density at radius 1 is 1.14 bits per heavy atom. The van der Waals surface area contributed by atoms with Crippen LogP contribution in [0.3, 0.4) is 0 Å². The molecule has 0 aliphatic rings. The molecule has 2 aromatic heterocycles. The van der Waals surface area contributed by atoms with Crippen LogP contribution in [0.1, 0.15) is 5.56 Å². The van der Waals surface area contributed by atoms with Gasteiger partial charge in [-0.3, -0.25) is 14.7 Å². The lowest BCUT2D eigenvalue weighted by Gasteiger charge is -2.06. The Morgan fingerprint density at radius 3 is 2.67 bits per heavy atom. The van der Waals surface area contributed by atoms with Crippen LogP contribution in [0.15, 0.2) is 33.2 Å². The monoisotopic (exact) mass is 360 g/mol. The van der Waals surface area contributed by atoms with E-state index in [-0.39, 0.29) is 16.6 Å². The van der Waals surface area contributed by atoms with Crippen LogP contribution in [0.2, 0.25) is 15.1 Å². The van der Waals surface area contributed by atoms with Crippen LogP contribution >= 0.6 is 46.1 Å². The van der Waals surface area contributed by atoms with Gasteiger partial charge in [-0.25, -0.2) is 4.68 Å². The molecule has 0 unspecified atom stereocenters. The van der Waals surface area contributed by atoms with Crippen LogP contribution < -0.4 is 11.1 Å². The summed E-state index contributed by atoms with van der Waals surface area (Å²) in [6, 6.07) is 5.55. The predicted molar refractivity (Wildman–Crippen MR) is 87.3 cm³/mol. The molecule has 3 aromatic rings. The van der Waals surface area contributed by atoms with Crippen molar-refractivity contribution in [3.8, 4) is 0 Å². The van der Waals surface area contributed by atoms with Crippen molar-refractivity contribution in [3.63, 3.8) is 0 Å². The number of fused-ring (bicyclic) bond motifs is 1. The van der Waals surface area contributed by atoms with Gasteiger partial charge in [-0.1, -0.05) is 46.9 Å². The Morgan fingerprint density at radius 2 is 1.90 bits per heavy atom. The van der Waals surface area contributed by atoms with Crippen LogP contribution in [0.25, 0.3) is 10.1 Å². The second-order valence-corrected chi connectivity index (χ2v) is 6.38. The van der Waals surface area contributed by atoms with Gasteiger partial charge in [0.15, 0.2) is 0 Å². The fraction of sp³-hybridized carbons (Fsp3) is 0.0769. The van der Waals surface area contributed by atoms with Crippen LogP contribution in [-0.4, -0.2) is 9.78 Å². The van der Waals surface area contributed by atoms with Gasteiger partial charge in [0.1, 0.15) is 10.0 Å². The quantitative estimate of drug-likeness (QED) is 0.755. The van der Waals surface area contributed by atoms with E-state index in [9.17, 15) is 9.59 Å². The van der Waals surface area contributed by atoms with E-state index in [4.69, 9.17) is 34.8 Å². The first-order valence-corrected chi connectivity index (χ1v) is 7.83. The number of benzene rings is 1. The average Bonchev–Trinajstić information content (AvgIpc) is 2.87. The number of rotatable bonds is 2. The molecular weight excluding hydrogens is 355 g/mol. The van der Waals surface area contributed by atoms with E-state index in [0.717, 1.165) is 20.3 Å². The van der Waals surface area contributed by atoms with Crippen molar-refractivity contribution < 1.29 is 0 Å². The Labute approximate surface area is 137 Å². The minimum absolute atomic E-state index is 0.186. The summed E-state index contributed by atoms with van der Waals surface area (Å²) < 4.78 is 2.07. The van der Waals surface area contributed by atoms with Gasteiger partial charge in [0, 0.05) is 0 Å². The number of thiophene rings is 1. The Bertz CT molecular complexity index is 958. The fourth-order valence-electron chi connectivity index (χ4n) is 2.01. The standard InChI is InChI=1S/C13H7Cl3N2O2S/c14-8-3-1-2-7-6(5-21-11(7)8)4-18-13(20)10(16)9(15)12(19)17-18/h1-3,5H,4H2,(H,17,19). The van der Waals surface area contributed by atoms with Gasteiger partial charge in [0.25, 0.3) is 11.1 Å². The molecule has 1 N–H and O–H groups in total. The lowest BCUT2D eigenvalue weighted by Crippen LogP contribution is -2.30. The molecule has 8 heteroatoms. The van der Waals surface area contributed by atoms with Crippen LogP contribution in [-0.2, 0) is 6.54 Å². The van der Waals surface area contributed by atoms with E-state index >= 15 is 0 Å². The average molecular weight is 362 g/mol. The number of nitrogens with one attached hydrogen (secondary N) is 1. The molecule has 0 spiro atoms. The second kappa shape index (κ2) is 5.50. The topological polar surface area (TPSA) is 54.9 Å². The van der Waals surface area contributed by atoms with Crippen molar-refractivity contribution in [2.24, 2.45) is 0 Å². The molecule has 1 aromatic carbocycles. The first kappa shape index (κ1) is 14.7. The molecule has 4 nitrogen and oxygen atoms in total. The molecule has 0 atom stereocenters. The number of hydrogen-bond acceptors (Lipinski definition) is 3. The second-order valence-electron chi connectivity index (χ2n) is 4.34. The fourth-order valence-corrected chi connectivity index (χ4v) is 3.60. The van der Waals surface area contributed by atoms with Crippen molar-refractivity contribution in [3.05, 3.63) is 64.9 Å². The summed E-state index contributed by atoms with van der Waals surface area (Å²) >= 11 is 19.0. The Kier molecular flexibility index (Phi) is 3.84. The van der Waals surface area contributed by atoms with Crippen molar-refractivity contribution in [2.75, 3.05) is 0 Å². The van der Waals surface area contributed by atoms with Gasteiger partial charge in [-0.15, -0.1) is 11.3 Å². The highest BCUT2D eigenvalue weighted by molar-refractivity contribution is 7.18. The highest BCUT2D eigenvalue weighted by atomic mass is 35.5. The van der Waals surface area contributed by atoms with Crippen molar-refractivity contribution in [1.29, 1.82) is 0 Å². The predicted octanol–water partition coefficient (Wildman–Crippen LogP) is 3.76.